The van der Waals surface area contributed by atoms with E-state index in [-0.39, 0.29) is 23.7 Å². The molecular weight excluding hydrogens is 232 g/mol. The van der Waals surface area contributed by atoms with Crippen molar-refractivity contribution in [2.45, 2.75) is 20.8 Å². The molecule has 0 aliphatic carbocycles. The summed E-state index contributed by atoms with van der Waals surface area (Å²) < 4.78 is 4.78. The van der Waals surface area contributed by atoms with Crippen molar-refractivity contribution in [3.63, 3.8) is 0 Å². The summed E-state index contributed by atoms with van der Waals surface area (Å²) in [7, 11) is 0. The van der Waals surface area contributed by atoms with Crippen molar-refractivity contribution in [3.05, 3.63) is 40.4 Å². The third kappa shape index (κ3) is 2.90. The highest BCUT2D eigenvalue weighted by Crippen LogP contribution is 2.14. The van der Waals surface area contributed by atoms with E-state index in [1.807, 2.05) is 6.92 Å². The molecule has 1 rings (SSSR count). The Morgan fingerprint density at radius 3 is 2.50 bits per heavy atom. The van der Waals surface area contributed by atoms with E-state index in [1.165, 1.54) is 6.92 Å². The molecule has 0 amide bonds. The number of ketones is 1. The number of carbonyl (C=O) groups is 2. The number of Topliss-reactive ketones (excluding diaryl/α,β-unsaturated/α-hetero) is 1. The van der Waals surface area contributed by atoms with Crippen molar-refractivity contribution in [1.82, 2.24) is 0 Å². The van der Waals surface area contributed by atoms with Gasteiger partial charge in [-0.25, -0.2) is 4.79 Å². The molecule has 1 aromatic rings. The highest BCUT2D eigenvalue weighted by atomic mass is 16.5. The molecule has 0 saturated heterocycles. The van der Waals surface area contributed by atoms with Gasteiger partial charge >= 0.3 is 11.7 Å². The normalized spacial score (nSPS) is 9.50. The van der Waals surface area contributed by atoms with E-state index in [0.717, 1.165) is 5.56 Å². The molecule has 0 atom stereocenters. The number of nitrogens with zero attached hydrogens (tertiary/aromatic N) is 2. The Morgan fingerprint density at radius 2 is 2.00 bits per heavy atom. The summed E-state index contributed by atoms with van der Waals surface area (Å²) in [6.07, 6.45) is 0. The fourth-order valence-electron chi connectivity index (χ4n) is 1.57. The van der Waals surface area contributed by atoms with Crippen LogP contribution in [0, 0.1) is 6.92 Å². The van der Waals surface area contributed by atoms with Crippen LogP contribution < -0.4 is 0 Å². The molecule has 0 aliphatic heterocycles. The van der Waals surface area contributed by atoms with Crippen molar-refractivity contribution in [3.8, 4) is 0 Å². The Balaban J connectivity index is 3.38. The van der Waals surface area contributed by atoms with Crippen LogP contribution in [0.2, 0.25) is 0 Å². The summed E-state index contributed by atoms with van der Waals surface area (Å²) in [5.74, 6) is -0.969. The number of aryl methyl sites for hydroxylation is 1. The number of esters is 1. The Morgan fingerprint density at radius 1 is 1.33 bits per heavy atom. The topological polar surface area (TPSA) is 79.8 Å². The van der Waals surface area contributed by atoms with Crippen LogP contribution in [0.15, 0.2) is 18.2 Å². The number of benzene rings is 1. The fraction of sp³-hybridized carbons (Fsp3) is 0.308. The second kappa shape index (κ2) is 5.89. The standard InChI is InChI=1S/C13H14N2O3/c1-4-18-13(17)12(15-14)11-7-8(2)5-6-10(11)9(3)16/h5-7H,4H2,1-3H3. The van der Waals surface area contributed by atoms with Gasteiger partial charge < -0.3 is 10.3 Å². The molecule has 5 nitrogen and oxygen atoms in total. The number of ether oxygens (including phenoxy) is 1. The van der Waals surface area contributed by atoms with Gasteiger partial charge in [0.05, 0.1) is 12.2 Å². The SMILES string of the molecule is CCOC(=O)C(=[N+]=[N-])c1cc(C)ccc1C(C)=O. The van der Waals surface area contributed by atoms with Crippen LogP contribution in [0.5, 0.6) is 0 Å². The van der Waals surface area contributed by atoms with Crippen LogP contribution >= 0.6 is 0 Å². The van der Waals surface area contributed by atoms with Crippen LogP contribution in [0.25, 0.3) is 5.53 Å². The van der Waals surface area contributed by atoms with Crippen molar-refractivity contribution in [2.24, 2.45) is 0 Å². The zero-order chi connectivity index (χ0) is 13.7. The predicted octanol–water partition coefficient (Wildman–Crippen LogP) is 1.78. The lowest BCUT2D eigenvalue weighted by molar-refractivity contribution is -0.139. The quantitative estimate of drug-likeness (QED) is 0.267. The van der Waals surface area contributed by atoms with Crippen molar-refractivity contribution in [1.29, 1.82) is 0 Å². The smallest absolute Gasteiger partial charge is 0.422 e. The second-order valence-electron chi connectivity index (χ2n) is 3.77. The molecule has 18 heavy (non-hydrogen) atoms. The molecule has 0 radical (unpaired) electrons. The minimum atomic E-state index is -0.756. The number of hydrogen-bond donors (Lipinski definition) is 0. The van der Waals surface area contributed by atoms with Gasteiger partial charge in [0.15, 0.2) is 5.78 Å². The van der Waals surface area contributed by atoms with E-state index >= 15 is 0 Å². The van der Waals surface area contributed by atoms with Crippen LogP contribution in [0.4, 0.5) is 0 Å². The molecule has 0 bridgehead atoms. The molecule has 0 fully saturated rings. The average Bonchev–Trinajstić information content (AvgIpc) is 2.30. The Hall–Kier alpha value is -2.26. The summed E-state index contributed by atoms with van der Waals surface area (Å²) in [5, 5.41) is 0. The van der Waals surface area contributed by atoms with Crippen LogP contribution in [0.1, 0.15) is 35.3 Å². The molecule has 0 saturated carbocycles. The van der Waals surface area contributed by atoms with Gasteiger partial charge in [-0.05, 0) is 26.8 Å². The van der Waals surface area contributed by atoms with Gasteiger partial charge in [0.1, 0.15) is 0 Å². The minimum Gasteiger partial charge on any atom is -0.457 e. The summed E-state index contributed by atoms with van der Waals surface area (Å²) in [6.45, 7) is 5.01. The minimum absolute atomic E-state index is 0.166. The summed E-state index contributed by atoms with van der Waals surface area (Å²) in [5.41, 5.74) is 10.1. The third-order valence-corrected chi connectivity index (χ3v) is 2.38. The maximum Gasteiger partial charge on any atom is 0.422 e. The first-order valence-electron chi connectivity index (χ1n) is 5.52. The van der Waals surface area contributed by atoms with Gasteiger partial charge in [0.25, 0.3) is 0 Å². The Bertz CT molecular complexity index is 543. The van der Waals surface area contributed by atoms with Gasteiger partial charge in [0, 0.05) is 5.56 Å². The maximum atomic E-state index is 11.6. The fourth-order valence-corrected chi connectivity index (χ4v) is 1.57. The molecule has 94 valence electrons. The summed E-state index contributed by atoms with van der Waals surface area (Å²) in [4.78, 5) is 26.1. The number of rotatable bonds is 4. The van der Waals surface area contributed by atoms with E-state index in [1.54, 1.807) is 25.1 Å². The first-order valence-corrected chi connectivity index (χ1v) is 5.52. The predicted molar refractivity (Wildman–Crippen MR) is 65.5 cm³/mol. The van der Waals surface area contributed by atoms with E-state index in [0.29, 0.717) is 5.56 Å². The van der Waals surface area contributed by atoms with Gasteiger partial charge in [0.2, 0.25) is 0 Å². The summed E-state index contributed by atoms with van der Waals surface area (Å²) >= 11 is 0. The number of hydrogen-bond acceptors (Lipinski definition) is 3. The monoisotopic (exact) mass is 246 g/mol. The van der Waals surface area contributed by atoms with Gasteiger partial charge in [-0.2, -0.15) is 4.79 Å². The largest absolute Gasteiger partial charge is 0.457 e. The molecule has 0 N–H and O–H groups in total. The highest BCUT2D eigenvalue weighted by Gasteiger charge is 2.28. The first-order chi connectivity index (χ1) is 8.51. The van der Waals surface area contributed by atoms with Crippen molar-refractivity contribution in [2.75, 3.05) is 6.61 Å². The van der Waals surface area contributed by atoms with Gasteiger partial charge in [-0.15, -0.1) is 0 Å². The molecule has 0 spiro atoms. The van der Waals surface area contributed by atoms with Crippen LogP contribution in [0.3, 0.4) is 0 Å². The van der Waals surface area contributed by atoms with Gasteiger partial charge in [-0.1, -0.05) is 17.7 Å². The first kappa shape index (κ1) is 13.8. The molecule has 0 heterocycles. The molecule has 0 unspecified atom stereocenters. The summed E-state index contributed by atoms with van der Waals surface area (Å²) in [6, 6.07) is 4.96. The lowest BCUT2D eigenvalue weighted by atomic mass is 9.98. The van der Waals surface area contributed by atoms with Crippen molar-refractivity contribution >= 4 is 17.5 Å². The molecule has 5 heteroatoms. The zero-order valence-electron chi connectivity index (χ0n) is 10.6. The van der Waals surface area contributed by atoms with Crippen molar-refractivity contribution < 1.29 is 19.1 Å². The highest BCUT2D eigenvalue weighted by molar-refractivity contribution is 6.42. The van der Waals surface area contributed by atoms with Crippen LogP contribution in [-0.2, 0) is 9.53 Å². The molecule has 0 aliphatic rings. The van der Waals surface area contributed by atoms with Gasteiger partial charge in [-0.3, -0.25) is 4.79 Å². The molecule has 1 aromatic carbocycles. The number of carbonyl (C=O) groups excluding carboxylic acids is 2. The average molecular weight is 246 g/mol. The Labute approximate surface area is 105 Å². The van der Waals surface area contributed by atoms with E-state index in [4.69, 9.17) is 10.3 Å². The maximum absolute atomic E-state index is 11.6. The Kier molecular flexibility index (Phi) is 4.52. The second-order valence-corrected chi connectivity index (χ2v) is 3.77. The lowest BCUT2D eigenvalue weighted by Crippen LogP contribution is -2.22. The van der Waals surface area contributed by atoms with E-state index < -0.39 is 5.97 Å². The zero-order valence-corrected chi connectivity index (χ0v) is 10.6. The molecular formula is C13H14N2O3. The molecule has 0 aromatic heterocycles. The lowest BCUT2D eigenvalue weighted by Gasteiger charge is -2.04. The van der Waals surface area contributed by atoms with Crippen LogP contribution in [-0.4, -0.2) is 28.9 Å². The third-order valence-electron chi connectivity index (χ3n) is 2.38. The van der Waals surface area contributed by atoms with E-state index in [9.17, 15) is 9.59 Å². The van der Waals surface area contributed by atoms with E-state index in [2.05, 4.69) is 4.79 Å².